The number of ether oxygens (including phenoxy) is 1. The van der Waals surface area contributed by atoms with Gasteiger partial charge in [-0.15, -0.1) is 5.10 Å². The summed E-state index contributed by atoms with van der Waals surface area (Å²) in [5.41, 5.74) is 10.6. The van der Waals surface area contributed by atoms with Crippen LogP contribution in [0, 0.1) is 0 Å². The summed E-state index contributed by atoms with van der Waals surface area (Å²) in [4.78, 5) is 0. The zero-order valence-corrected chi connectivity index (χ0v) is 8.58. The van der Waals surface area contributed by atoms with Crippen LogP contribution in [0.4, 0.5) is 0 Å². The maximum atomic E-state index is 9.35. The van der Waals surface area contributed by atoms with Gasteiger partial charge in [0.25, 0.3) is 0 Å². The van der Waals surface area contributed by atoms with E-state index in [1.165, 1.54) is 25.5 Å². The molecule has 1 aromatic carbocycles. The third-order valence-corrected chi connectivity index (χ3v) is 1.68. The molecule has 0 unspecified atom stereocenters. The van der Waals surface area contributed by atoms with Gasteiger partial charge in [-0.2, -0.15) is 5.10 Å². The lowest BCUT2D eigenvalue weighted by atomic mass is 10.2. The second-order valence-corrected chi connectivity index (χ2v) is 2.86. The molecule has 86 valence electrons. The molecule has 0 atom stereocenters. The fourth-order valence-corrected chi connectivity index (χ4v) is 1.01. The number of nitrogens with two attached hydrogens (primary N) is 2. The summed E-state index contributed by atoms with van der Waals surface area (Å²) in [5.74, 6) is -0.690. The van der Waals surface area contributed by atoms with Gasteiger partial charge >= 0.3 is 0 Å². The van der Waals surface area contributed by atoms with Gasteiger partial charge in [-0.25, -0.2) is 0 Å². The molecule has 0 fully saturated rings. The molecule has 0 spiro atoms. The van der Waals surface area contributed by atoms with Crippen LogP contribution in [0.3, 0.4) is 0 Å². The predicted molar refractivity (Wildman–Crippen MR) is 59.7 cm³/mol. The summed E-state index contributed by atoms with van der Waals surface area (Å²) in [6, 6.07) is 2.77. The van der Waals surface area contributed by atoms with Crippen molar-refractivity contribution in [2.24, 2.45) is 21.7 Å². The number of guanidine groups is 1. The van der Waals surface area contributed by atoms with Crippen LogP contribution in [0.15, 0.2) is 22.3 Å². The standard InChI is InChI=1S/C9H12N4O3/c1-16-7-3-5(2-6(14)8(7)15)4-12-13-9(10)11/h2-4,14-15H,1H3,(H4,10,11,13)/b12-4+. The van der Waals surface area contributed by atoms with Gasteiger partial charge in [0.1, 0.15) is 0 Å². The maximum absolute atomic E-state index is 9.35. The predicted octanol–water partition coefficient (Wildman–Crippen LogP) is -0.286. The Hall–Kier alpha value is -2.44. The molecule has 0 aromatic heterocycles. The molecule has 0 heterocycles. The molecular weight excluding hydrogens is 212 g/mol. The number of hydrogen-bond acceptors (Lipinski definition) is 5. The lowest BCUT2D eigenvalue weighted by Gasteiger charge is -2.05. The first kappa shape index (κ1) is 11.6. The van der Waals surface area contributed by atoms with Crippen molar-refractivity contribution in [2.45, 2.75) is 0 Å². The molecule has 0 aliphatic rings. The van der Waals surface area contributed by atoms with Crippen LogP contribution in [0.1, 0.15) is 5.56 Å². The molecule has 0 bridgehead atoms. The van der Waals surface area contributed by atoms with Crippen molar-refractivity contribution in [3.63, 3.8) is 0 Å². The first-order valence-electron chi connectivity index (χ1n) is 4.26. The van der Waals surface area contributed by atoms with Gasteiger partial charge in [0.2, 0.25) is 11.7 Å². The summed E-state index contributed by atoms with van der Waals surface area (Å²) in [6.07, 6.45) is 1.31. The Kier molecular flexibility index (Phi) is 3.54. The highest BCUT2D eigenvalue weighted by atomic mass is 16.5. The Morgan fingerprint density at radius 1 is 1.38 bits per heavy atom. The minimum atomic E-state index is -0.332. The van der Waals surface area contributed by atoms with E-state index in [0.29, 0.717) is 5.56 Å². The number of hydrogen-bond donors (Lipinski definition) is 4. The molecule has 1 aromatic rings. The van der Waals surface area contributed by atoms with Crippen molar-refractivity contribution in [2.75, 3.05) is 7.11 Å². The highest BCUT2D eigenvalue weighted by Crippen LogP contribution is 2.35. The van der Waals surface area contributed by atoms with Gasteiger partial charge in [0.05, 0.1) is 13.3 Å². The van der Waals surface area contributed by atoms with Crippen molar-refractivity contribution in [1.29, 1.82) is 0 Å². The van der Waals surface area contributed by atoms with E-state index in [2.05, 4.69) is 10.2 Å². The van der Waals surface area contributed by atoms with E-state index < -0.39 is 0 Å². The van der Waals surface area contributed by atoms with Crippen molar-refractivity contribution in [1.82, 2.24) is 0 Å². The summed E-state index contributed by atoms with van der Waals surface area (Å²) in [7, 11) is 1.37. The van der Waals surface area contributed by atoms with Crippen LogP contribution < -0.4 is 16.2 Å². The zero-order chi connectivity index (χ0) is 12.1. The molecule has 0 aliphatic heterocycles. The quantitative estimate of drug-likeness (QED) is 0.243. The van der Waals surface area contributed by atoms with Crippen LogP contribution in [0.25, 0.3) is 0 Å². The van der Waals surface area contributed by atoms with Gasteiger partial charge in [0.15, 0.2) is 11.5 Å². The van der Waals surface area contributed by atoms with E-state index in [9.17, 15) is 10.2 Å². The lowest BCUT2D eigenvalue weighted by Crippen LogP contribution is -2.21. The largest absolute Gasteiger partial charge is 0.504 e. The zero-order valence-electron chi connectivity index (χ0n) is 8.58. The Morgan fingerprint density at radius 3 is 2.62 bits per heavy atom. The summed E-state index contributed by atoms with van der Waals surface area (Å²) < 4.78 is 4.84. The topological polar surface area (TPSA) is 126 Å². The van der Waals surface area contributed by atoms with Crippen molar-refractivity contribution >= 4 is 12.2 Å². The number of aromatic hydroxyl groups is 2. The van der Waals surface area contributed by atoms with Crippen molar-refractivity contribution in [3.05, 3.63) is 17.7 Å². The Balaban J connectivity index is 3.03. The van der Waals surface area contributed by atoms with E-state index in [1.807, 2.05) is 0 Å². The number of benzene rings is 1. The van der Waals surface area contributed by atoms with E-state index in [1.54, 1.807) is 0 Å². The van der Waals surface area contributed by atoms with E-state index in [4.69, 9.17) is 16.2 Å². The van der Waals surface area contributed by atoms with Gasteiger partial charge in [0, 0.05) is 5.56 Å². The molecule has 7 heteroatoms. The molecule has 16 heavy (non-hydrogen) atoms. The van der Waals surface area contributed by atoms with Gasteiger partial charge in [-0.1, -0.05) is 0 Å². The Labute approximate surface area is 91.7 Å². The second-order valence-electron chi connectivity index (χ2n) is 2.86. The molecule has 6 N–H and O–H groups in total. The molecule has 0 saturated heterocycles. The minimum absolute atomic E-state index is 0.131. The average molecular weight is 224 g/mol. The molecule has 0 aliphatic carbocycles. The average Bonchev–Trinajstić information content (AvgIpc) is 2.22. The fourth-order valence-electron chi connectivity index (χ4n) is 1.01. The molecule has 7 nitrogen and oxygen atoms in total. The minimum Gasteiger partial charge on any atom is -0.504 e. The third-order valence-electron chi connectivity index (χ3n) is 1.68. The van der Waals surface area contributed by atoms with Gasteiger partial charge in [-0.3, -0.25) is 0 Å². The van der Waals surface area contributed by atoms with Crippen LogP contribution >= 0.6 is 0 Å². The number of phenols is 2. The molecule has 0 radical (unpaired) electrons. The smallest absolute Gasteiger partial charge is 0.211 e. The first-order chi connectivity index (χ1) is 7.54. The van der Waals surface area contributed by atoms with Crippen molar-refractivity contribution < 1.29 is 14.9 Å². The van der Waals surface area contributed by atoms with E-state index >= 15 is 0 Å². The monoisotopic (exact) mass is 224 g/mol. The number of methoxy groups -OCH3 is 1. The summed E-state index contributed by atoms with van der Waals surface area (Å²) in [6.45, 7) is 0. The second kappa shape index (κ2) is 4.87. The normalized spacial score (nSPS) is 10.3. The van der Waals surface area contributed by atoms with Crippen LogP contribution in [-0.4, -0.2) is 29.5 Å². The third kappa shape index (κ3) is 2.77. The van der Waals surface area contributed by atoms with Crippen molar-refractivity contribution in [3.8, 4) is 17.2 Å². The van der Waals surface area contributed by atoms with Gasteiger partial charge < -0.3 is 26.4 Å². The van der Waals surface area contributed by atoms with Gasteiger partial charge in [-0.05, 0) is 12.1 Å². The maximum Gasteiger partial charge on any atom is 0.211 e. The molecule has 0 amide bonds. The highest BCUT2D eigenvalue weighted by Gasteiger charge is 2.08. The van der Waals surface area contributed by atoms with E-state index in [-0.39, 0.29) is 23.2 Å². The number of nitrogens with zero attached hydrogens (tertiary/aromatic N) is 2. The lowest BCUT2D eigenvalue weighted by molar-refractivity contribution is 0.351. The fraction of sp³-hybridized carbons (Fsp3) is 0.111. The number of rotatable bonds is 3. The Bertz CT molecular complexity index is 439. The van der Waals surface area contributed by atoms with E-state index in [0.717, 1.165) is 0 Å². The first-order valence-corrected chi connectivity index (χ1v) is 4.26. The number of phenolic OH excluding ortho intramolecular Hbond substituents is 2. The van der Waals surface area contributed by atoms with Crippen LogP contribution in [-0.2, 0) is 0 Å². The highest BCUT2D eigenvalue weighted by molar-refractivity contribution is 5.83. The molecule has 1 rings (SSSR count). The van der Waals surface area contributed by atoms with Crippen LogP contribution in [0.5, 0.6) is 17.2 Å². The molecule has 0 saturated carbocycles. The SMILES string of the molecule is COc1cc(/C=N/N=C(N)N)cc(O)c1O. The Morgan fingerprint density at radius 2 is 2.06 bits per heavy atom. The summed E-state index contributed by atoms with van der Waals surface area (Å²) >= 11 is 0. The van der Waals surface area contributed by atoms with Crippen LogP contribution in [0.2, 0.25) is 0 Å². The molecular formula is C9H12N4O3. The summed E-state index contributed by atoms with van der Waals surface area (Å²) in [5, 5.41) is 25.6.